The van der Waals surface area contributed by atoms with Gasteiger partial charge in [-0.3, -0.25) is 0 Å². The molecule has 0 spiro atoms. The summed E-state index contributed by atoms with van der Waals surface area (Å²) in [4.78, 5) is 24.8. The second-order valence-electron chi connectivity index (χ2n) is 21.5. The largest absolute Gasteiger partial charge is 0.492 e. The number of esters is 2. The Bertz CT molecular complexity index is 2320. The summed E-state index contributed by atoms with van der Waals surface area (Å²) in [7, 11) is 0. The van der Waals surface area contributed by atoms with Crippen LogP contribution in [0.2, 0.25) is 0 Å². The molecule has 9 unspecified atom stereocenters. The van der Waals surface area contributed by atoms with Gasteiger partial charge in [0.1, 0.15) is 17.6 Å². The highest BCUT2D eigenvalue weighted by atomic mass is 19.4. The number of benzene rings is 4. The predicted molar refractivity (Wildman–Crippen MR) is 282 cm³/mol. The van der Waals surface area contributed by atoms with Crippen LogP contribution in [0.3, 0.4) is 0 Å². The van der Waals surface area contributed by atoms with E-state index in [4.69, 9.17) is 48.6 Å². The molecule has 4 aliphatic rings. The first-order chi connectivity index (χ1) is 33.4. The van der Waals surface area contributed by atoms with Crippen LogP contribution in [0.4, 0.5) is 47.3 Å². The van der Waals surface area contributed by atoms with Gasteiger partial charge in [0.2, 0.25) is 0 Å². The van der Waals surface area contributed by atoms with Gasteiger partial charge in [0.25, 0.3) is 0 Å². The Morgan fingerprint density at radius 2 is 1.24 bits per heavy atom. The molecule has 0 bridgehead atoms. The Morgan fingerprint density at radius 3 is 1.80 bits per heavy atom. The maximum atomic E-state index is 13.0. The number of hydrogen-bond donors (Lipinski definition) is 6. The molecule has 14 heteroatoms. The normalized spacial score (nSPS) is 25.7. The minimum Gasteiger partial charge on any atom is -0.492 e. The summed E-state index contributed by atoms with van der Waals surface area (Å²) in [6.07, 6.45) is 11.8. The number of ether oxygens (including phenoxy) is 3. The maximum absolute atomic E-state index is 13.0. The molecule has 0 radical (unpaired) electrons. The van der Waals surface area contributed by atoms with Crippen LogP contribution < -0.4 is 43.9 Å². The molecule has 12 N–H and O–H groups in total. The van der Waals surface area contributed by atoms with Crippen molar-refractivity contribution in [3.05, 3.63) is 96.1 Å². The van der Waals surface area contributed by atoms with Crippen LogP contribution in [0, 0.1) is 52.3 Å². The Balaban J connectivity index is 0.000000231. The van der Waals surface area contributed by atoms with E-state index in [9.17, 15) is 22.8 Å². The number of fused-ring (bicyclic) bond motifs is 5. The van der Waals surface area contributed by atoms with Crippen molar-refractivity contribution >= 4 is 46.1 Å². The van der Waals surface area contributed by atoms with E-state index in [1.807, 2.05) is 13.0 Å². The van der Waals surface area contributed by atoms with Crippen molar-refractivity contribution < 1.29 is 37.0 Å². The van der Waals surface area contributed by atoms with Crippen LogP contribution >= 0.6 is 0 Å². The van der Waals surface area contributed by atoms with Gasteiger partial charge in [0, 0.05) is 35.4 Å². The summed E-state index contributed by atoms with van der Waals surface area (Å²) in [5.41, 5.74) is 38.9. The van der Waals surface area contributed by atoms with Gasteiger partial charge < -0.3 is 48.6 Å². The molecule has 11 nitrogen and oxygen atoms in total. The van der Waals surface area contributed by atoms with Crippen LogP contribution in [-0.2, 0) is 4.74 Å². The van der Waals surface area contributed by atoms with E-state index in [1.165, 1.54) is 76.3 Å². The Kier molecular flexibility index (Phi) is 19.4. The molecule has 9 atom stereocenters. The zero-order valence-electron chi connectivity index (χ0n) is 43.0. The van der Waals surface area contributed by atoms with Crippen molar-refractivity contribution in [1.82, 2.24) is 0 Å². The number of anilines is 6. The van der Waals surface area contributed by atoms with Crippen molar-refractivity contribution in [1.29, 1.82) is 0 Å². The standard InChI is InChI=1S/C34H54N2O2.C13H12N2O2.C8H12N2O.C2H3F3/c1-21(2)7-6-8-22(3)29-13-14-30-28-12-10-24-9-11-27(20-34(24,5)31(28)15-16-33(29,30)4)38-32(37)23-17-25(35)19-26(36)18-23;14-10-6-9(7-11(15)8-10)13(16)17-12-4-2-1-3-5-12;1-2-11-8-4-3-6(9)5-7(8)10;1-2(3,4)5/h17-19,21-22,24,27-31H,6-16,20,35-36H2,1-5H3;1-8H,14-15H2;3-5H,2,9-10H2,1H3;1H3. The van der Waals surface area contributed by atoms with E-state index in [0.717, 1.165) is 54.3 Å². The van der Waals surface area contributed by atoms with Gasteiger partial charge in [0.15, 0.2) is 0 Å². The summed E-state index contributed by atoms with van der Waals surface area (Å²) >= 11 is 0. The van der Waals surface area contributed by atoms with Crippen molar-refractivity contribution in [3.63, 3.8) is 0 Å². The number of rotatable bonds is 11. The molecule has 0 aromatic heterocycles. The van der Waals surface area contributed by atoms with Crippen LogP contribution in [0.25, 0.3) is 0 Å². The fourth-order valence-electron chi connectivity index (χ4n) is 12.7. The van der Waals surface area contributed by atoms with Crippen molar-refractivity contribution in [2.24, 2.45) is 52.3 Å². The molecule has 0 heterocycles. The summed E-state index contributed by atoms with van der Waals surface area (Å²) in [6.45, 7) is 15.3. The Morgan fingerprint density at radius 1 is 0.676 bits per heavy atom. The highest BCUT2D eigenvalue weighted by molar-refractivity contribution is 5.93. The highest BCUT2D eigenvalue weighted by Gasteiger charge is 2.61. The number of halogens is 3. The van der Waals surface area contributed by atoms with E-state index in [-0.39, 0.29) is 24.4 Å². The molecule has 0 amide bonds. The Hall–Kier alpha value is -5.79. The molecular formula is C57H81F3N6O5. The molecule has 4 aromatic carbocycles. The van der Waals surface area contributed by atoms with E-state index >= 15 is 0 Å². The average Bonchev–Trinajstić information content (AvgIpc) is 3.64. The lowest BCUT2D eigenvalue weighted by Gasteiger charge is -2.61. The number of carbonyl (C=O) groups is 2. The number of para-hydroxylation sites is 1. The number of alkyl halides is 3. The fraction of sp³-hybridized carbons (Fsp3) is 0.544. The van der Waals surface area contributed by atoms with Gasteiger partial charge in [-0.1, -0.05) is 72.1 Å². The predicted octanol–water partition coefficient (Wildman–Crippen LogP) is 13.4. The first kappa shape index (κ1) is 56.1. The smallest absolute Gasteiger partial charge is 0.386 e. The quantitative estimate of drug-likeness (QED) is 0.0472. The average molecular weight is 987 g/mol. The summed E-state index contributed by atoms with van der Waals surface area (Å²) in [5, 5.41) is 0. The summed E-state index contributed by atoms with van der Waals surface area (Å²) in [5.74, 6) is 6.30. The number of hydrogen-bond acceptors (Lipinski definition) is 11. The molecular weight excluding hydrogens is 906 g/mol. The van der Waals surface area contributed by atoms with Crippen LogP contribution in [0.15, 0.2) is 84.9 Å². The number of nitrogen functional groups attached to an aromatic ring is 6. The fourth-order valence-corrected chi connectivity index (χ4v) is 12.7. The molecule has 4 fully saturated rings. The van der Waals surface area contributed by atoms with Gasteiger partial charge in [-0.15, -0.1) is 0 Å². The monoisotopic (exact) mass is 987 g/mol. The van der Waals surface area contributed by atoms with Gasteiger partial charge in [-0.25, -0.2) is 9.59 Å². The maximum Gasteiger partial charge on any atom is 0.386 e. The molecule has 0 saturated heterocycles. The van der Waals surface area contributed by atoms with E-state index < -0.39 is 12.1 Å². The van der Waals surface area contributed by atoms with E-state index in [0.29, 0.717) is 68.8 Å². The van der Waals surface area contributed by atoms with Crippen molar-refractivity contribution in [2.45, 2.75) is 138 Å². The third-order valence-electron chi connectivity index (χ3n) is 15.8. The van der Waals surface area contributed by atoms with Gasteiger partial charge in [-0.2, -0.15) is 13.2 Å². The molecule has 4 aromatic rings. The lowest BCUT2D eigenvalue weighted by atomic mass is 9.44. The lowest BCUT2D eigenvalue weighted by molar-refractivity contribution is -0.134. The topological polar surface area (TPSA) is 218 Å². The molecule has 4 aliphatic carbocycles. The SMILES string of the molecule is CC(C)CCCC(C)C1CCC2C3CCC4CCC(OC(=O)c5cc(N)cc(N)c5)CC4(C)C3CCC12C.CC(F)(F)F.CCOc1ccc(N)cc1N.Nc1cc(N)cc(C(=O)Oc2ccccc2)c1. The van der Waals surface area contributed by atoms with Crippen molar-refractivity contribution in [2.75, 3.05) is 41.0 Å². The Labute approximate surface area is 420 Å². The first-order valence-corrected chi connectivity index (χ1v) is 25.5. The van der Waals surface area contributed by atoms with Crippen LogP contribution in [0.5, 0.6) is 11.5 Å². The summed E-state index contributed by atoms with van der Waals surface area (Å²) in [6, 6.07) is 23.7. The molecule has 4 saturated carbocycles. The highest BCUT2D eigenvalue weighted by Crippen LogP contribution is 2.68. The molecule has 8 rings (SSSR count). The minimum atomic E-state index is -4.00. The number of carbonyl (C=O) groups excluding carboxylic acids is 2. The third kappa shape index (κ3) is 15.6. The van der Waals surface area contributed by atoms with Crippen molar-refractivity contribution in [3.8, 4) is 11.5 Å². The van der Waals surface area contributed by atoms with E-state index in [2.05, 4.69) is 34.6 Å². The second kappa shape index (κ2) is 24.6. The molecule has 390 valence electrons. The number of nitrogens with two attached hydrogens (primary N) is 6. The lowest BCUT2D eigenvalue weighted by Crippen LogP contribution is -2.54. The zero-order valence-corrected chi connectivity index (χ0v) is 43.0. The van der Waals surface area contributed by atoms with E-state index in [1.54, 1.807) is 66.7 Å². The third-order valence-corrected chi connectivity index (χ3v) is 15.8. The molecule has 0 aliphatic heterocycles. The first-order valence-electron chi connectivity index (χ1n) is 25.5. The second-order valence-corrected chi connectivity index (χ2v) is 21.5. The van der Waals surface area contributed by atoms with Gasteiger partial charge in [-0.05, 0) is 184 Å². The van der Waals surface area contributed by atoms with Gasteiger partial charge in [0.05, 0.1) is 23.4 Å². The zero-order chi connectivity index (χ0) is 52.3. The van der Waals surface area contributed by atoms with Crippen LogP contribution in [0.1, 0.15) is 146 Å². The molecule has 71 heavy (non-hydrogen) atoms. The summed E-state index contributed by atoms with van der Waals surface area (Å²) < 4.78 is 47.6. The van der Waals surface area contributed by atoms with Crippen LogP contribution in [-0.4, -0.2) is 30.8 Å². The van der Waals surface area contributed by atoms with Gasteiger partial charge >= 0.3 is 18.1 Å². The minimum absolute atomic E-state index is 0.00392.